The maximum absolute atomic E-state index is 11.8. The Morgan fingerprint density at radius 1 is 0.955 bits per heavy atom. The fraction of sp³-hybridized carbons (Fsp3) is 0.222. The molecule has 0 spiro atoms. The molecule has 0 aliphatic heterocycles. The van der Waals surface area contributed by atoms with Gasteiger partial charge in [-0.25, -0.2) is 0 Å². The molecular formula is C18H18O4. The summed E-state index contributed by atoms with van der Waals surface area (Å²) in [6, 6.07) is 17.5. The molecule has 2 rings (SSSR count). The average molecular weight is 298 g/mol. The van der Waals surface area contributed by atoms with Crippen molar-refractivity contribution in [2.45, 2.75) is 24.7 Å². The molecule has 2 aromatic rings. The van der Waals surface area contributed by atoms with E-state index in [9.17, 15) is 19.8 Å². The molecule has 0 bridgehead atoms. The van der Waals surface area contributed by atoms with Crippen LogP contribution in [0.3, 0.4) is 0 Å². The van der Waals surface area contributed by atoms with Crippen LogP contribution in [0.25, 0.3) is 0 Å². The van der Waals surface area contributed by atoms with E-state index in [1.807, 2.05) is 0 Å². The molecule has 22 heavy (non-hydrogen) atoms. The van der Waals surface area contributed by atoms with Crippen LogP contribution in [0.1, 0.15) is 30.4 Å². The first-order valence-corrected chi connectivity index (χ1v) is 7.02. The standard InChI is InChI=1S/C18H18O4/c1-18(17(21)22,14-10-6-3-7-11-14)12-15(16(19)20)13-8-4-2-5-9-13/h2-11,15H,12H2,1H3,(H,19,20)(H,21,22). The van der Waals surface area contributed by atoms with E-state index >= 15 is 0 Å². The van der Waals surface area contributed by atoms with Gasteiger partial charge in [-0.3, -0.25) is 9.59 Å². The highest BCUT2D eigenvalue weighted by molar-refractivity contribution is 5.83. The van der Waals surface area contributed by atoms with E-state index in [4.69, 9.17) is 0 Å². The van der Waals surface area contributed by atoms with Crippen LogP contribution in [0.4, 0.5) is 0 Å². The van der Waals surface area contributed by atoms with Crippen molar-refractivity contribution < 1.29 is 19.8 Å². The van der Waals surface area contributed by atoms with Gasteiger partial charge in [-0.1, -0.05) is 60.7 Å². The zero-order chi connectivity index (χ0) is 16.2. The molecule has 114 valence electrons. The van der Waals surface area contributed by atoms with E-state index in [0.717, 1.165) is 0 Å². The van der Waals surface area contributed by atoms with Gasteiger partial charge in [-0.15, -0.1) is 0 Å². The maximum atomic E-state index is 11.8. The Morgan fingerprint density at radius 2 is 1.45 bits per heavy atom. The molecule has 0 heterocycles. The van der Waals surface area contributed by atoms with Gasteiger partial charge in [0.15, 0.2) is 0 Å². The highest BCUT2D eigenvalue weighted by Crippen LogP contribution is 2.35. The monoisotopic (exact) mass is 298 g/mol. The topological polar surface area (TPSA) is 74.6 Å². The van der Waals surface area contributed by atoms with Crippen molar-refractivity contribution in [2.75, 3.05) is 0 Å². The van der Waals surface area contributed by atoms with Gasteiger partial charge in [-0.05, 0) is 24.5 Å². The molecule has 2 atom stereocenters. The summed E-state index contributed by atoms with van der Waals surface area (Å²) in [6.07, 6.45) is -0.00824. The molecule has 0 radical (unpaired) electrons. The molecule has 4 nitrogen and oxygen atoms in total. The predicted octanol–water partition coefficient (Wildman–Crippen LogP) is 3.29. The molecule has 2 aromatic carbocycles. The lowest BCUT2D eigenvalue weighted by Gasteiger charge is -2.28. The van der Waals surface area contributed by atoms with Crippen LogP contribution in [-0.4, -0.2) is 22.2 Å². The third kappa shape index (κ3) is 3.17. The molecule has 4 heteroatoms. The summed E-state index contributed by atoms with van der Waals surface area (Å²) in [7, 11) is 0. The van der Waals surface area contributed by atoms with Crippen LogP contribution < -0.4 is 0 Å². The van der Waals surface area contributed by atoms with E-state index in [2.05, 4.69) is 0 Å². The molecule has 0 aromatic heterocycles. The Labute approximate surface area is 129 Å². The minimum Gasteiger partial charge on any atom is -0.481 e. The van der Waals surface area contributed by atoms with Gasteiger partial charge in [0.25, 0.3) is 0 Å². The second-order valence-corrected chi connectivity index (χ2v) is 5.51. The number of carboxylic acids is 2. The number of aliphatic carboxylic acids is 2. The summed E-state index contributed by atoms with van der Waals surface area (Å²) in [5, 5.41) is 19.2. The van der Waals surface area contributed by atoms with E-state index in [-0.39, 0.29) is 6.42 Å². The molecule has 0 fully saturated rings. The number of hydrogen-bond donors (Lipinski definition) is 2. The molecule has 0 amide bonds. The van der Waals surface area contributed by atoms with Gasteiger partial charge < -0.3 is 10.2 Å². The zero-order valence-electron chi connectivity index (χ0n) is 12.3. The number of carbonyl (C=O) groups is 2. The van der Waals surface area contributed by atoms with Crippen LogP contribution in [-0.2, 0) is 15.0 Å². The van der Waals surface area contributed by atoms with Crippen molar-refractivity contribution in [3.05, 3.63) is 71.8 Å². The third-order valence-corrected chi connectivity index (χ3v) is 4.00. The molecular weight excluding hydrogens is 280 g/mol. The lowest BCUT2D eigenvalue weighted by Crippen LogP contribution is -2.36. The number of benzene rings is 2. The second kappa shape index (κ2) is 6.43. The van der Waals surface area contributed by atoms with Crippen molar-refractivity contribution in [3.8, 4) is 0 Å². The van der Waals surface area contributed by atoms with E-state index in [0.29, 0.717) is 11.1 Å². The SMILES string of the molecule is CC(CC(C(=O)O)c1ccccc1)(C(=O)O)c1ccccc1. The Kier molecular flexibility index (Phi) is 4.61. The summed E-state index contributed by atoms with van der Waals surface area (Å²) in [4.78, 5) is 23.5. The summed E-state index contributed by atoms with van der Waals surface area (Å²) in [5.41, 5.74) is -0.0525. The summed E-state index contributed by atoms with van der Waals surface area (Å²) in [5.74, 6) is -2.92. The van der Waals surface area contributed by atoms with Crippen molar-refractivity contribution >= 4 is 11.9 Å². The van der Waals surface area contributed by atoms with E-state index < -0.39 is 23.3 Å². The predicted molar refractivity (Wildman–Crippen MR) is 82.9 cm³/mol. The largest absolute Gasteiger partial charge is 0.481 e. The van der Waals surface area contributed by atoms with Crippen molar-refractivity contribution in [1.82, 2.24) is 0 Å². The minimum atomic E-state index is -1.26. The Bertz CT molecular complexity index is 651. The fourth-order valence-electron chi connectivity index (χ4n) is 2.58. The molecule has 0 aliphatic rings. The summed E-state index contributed by atoms with van der Waals surface area (Å²) >= 11 is 0. The van der Waals surface area contributed by atoms with Crippen molar-refractivity contribution in [3.63, 3.8) is 0 Å². The average Bonchev–Trinajstić information content (AvgIpc) is 2.53. The minimum absolute atomic E-state index is 0.00824. The highest BCUT2D eigenvalue weighted by Gasteiger charge is 2.40. The van der Waals surface area contributed by atoms with Crippen molar-refractivity contribution in [2.24, 2.45) is 0 Å². The van der Waals surface area contributed by atoms with Gasteiger partial charge >= 0.3 is 11.9 Å². The number of carboxylic acid groups (broad SMARTS) is 2. The van der Waals surface area contributed by atoms with Gasteiger partial charge in [0.1, 0.15) is 0 Å². The Hall–Kier alpha value is -2.62. The third-order valence-electron chi connectivity index (χ3n) is 4.00. The van der Waals surface area contributed by atoms with E-state index in [1.54, 1.807) is 67.6 Å². The molecule has 0 saturated carbocycles. The first-order valence-electron chi connectivity index (χ1n) is 7.02. The van der Waals surface area contributed by atoms with Gasteiger partial charge in [0, 0.05) is 0 Å². The lowest BCUT2D eigenvalue weighted by molar-refractivity contribution is -0.145. The lowest BCUT2D eigenvalue weighted by atomic mass is 9.74. The molecule has 0 saturated heterocycles. The van der Waals surface area contributed by atoms with Crippen LogP contribution >= 0.6 is 0 Å². The Balaban J connectivity index is 2.42. The number of hydrogen-bond acceptors (Lipinski definition) is 2. The fourth-order valence-corrected chi connectivity index (χ4v) is 2.58. The normalized spacial score (nSPS) is 14.8. The zero-order valence-corrected chi connectivity index (χ0v) is 12.3. The first-order chi connectivity index (χ1) is 10.4. The molecule has 0 aliphatic carbocycles. The van der Waals surface area contributed by atoms with E-state index in [1.165, 1.54) is 0 Å². The van der Waals surface area contributed by atoms with Crippen LogP contribution in [0.15, 0.2) is 60.7 Å². The smallest absolute Gasteiger partial charge is 0.313 e. The van der Waals surface area contributed by atoms with Gasteiger partial charge in [0.2, 0.25) is 0 Å². The van der Waals surface area contributed by atoms with Crippen LogP contribution in [0, 0.1) is 0 Å². The van der Waals surface area contributed by atoms with Gasteiger partial charge in [-0.2, -0.15) is 0 Å². The van der Waals surface area contributed by atoms with Crippen LogP contribution in [0.5, 0.6) is 0 Å². The van der Waals surface area contributed by atoms with Gasteiger partial charge in [0.05, 0.1) is 11.3 Å². The number of rotatable bonds is 6. The molecule has 2 N–H and O–H groups in total. The quantitative estimate of drug-likeness (QED) is 0.858. The van der Waals surface area contributed by atoms with Crippen molar-refractivity contribution in [1.29, 1.82) is 0 Å². The summed E-state index contributed by atoms with van der Waals surface area (Å²) in [6.45, 7) is 1.57. The molecule has 2 unspecified atom stereocenters. The Morgan fingerprint density at radius 3 is 1.91 bits per heavy atom. The highest BCUT2D eigenvalue weighted by atomic mass is 16.4. The second-order valence-electron chi connectivity index (χ2n) is 5.51. The van der Waals surface area contributed by atoms with Crippen LogP contribution in [0.2, 0.25) is 0 Å². The first kappa shape index (κ1) is 15.8. The maximum Gasteiger partial charge on any atom is 0.313 e. The summed E-state index contributed by atoms with van der Waals surface area (Å²) < 4.78 is 0.